The molecule has 27 heavy (non-hydrogen) atoms. The van der Waals surface area contributed by atoms with Gasteiger partial charge in [0.05, 0.1) is 16.8 Å². The molecule has 0 spiro atoms. The second-order valence-electron chi connectivity index (χ2n) is 6.63. The standard InChI is InChI=1S/C22H22N2O2S/c1-15(2)16-7-6-8-18(13-16)24(3)22(26)19-9-4-5-10-20(19)23-21(25)17-11-12-27-14-17/h4-15H,1-3H3,(H,23,25). The molecule has 1 aromatic heterocycles. The average molecular weight is 378 g/mol. The second kappa shape index (κ2) is 8.18. The Morgan fingerprint density at radius 3 is 2.52 bits per heavy atom. The first-order valence-electron chi connectivity index (χ1n) is 8.78. The Hall–Kier alpha value is -2.92. The average Bonchev–Trinajstić information content (AvgIpc) is 3.22. The number of benzene rings is 2. The first-order chi connectivity index (χ1) is 13.0. The quantitative estimate of drug-likeness (QED) is 0.646. The summed E-state index contributed by atoms with van der Waals surface area (Å²) in [7, 11) is 1.75. The minimum atomic E-state index is -0.221. The predicted octanol–water partition coefficient (Wildman–Crippen LogP) is 5.40. The molecule has 2 amide bonds. The number of carbonyl (C=O) groups excluding carboxylic acids is 2. The van der Waals surface area contributed by atoms with Crippen LogP contribution in [0.3, 0.4) is 0 Å². The zero-order valence-electron chi connectivity index (χ0n) is 15.6. The first-order valence-corrected chi connectivity index (χ1v) is 9.72. The molecule has 0 aliphatic rings. The molecule has 2 aromatic carbocycles. The Morgan fingerprint density at radius 2 is 1.81 bits per heavy atom. The smallest absolute Gasteiger partial charge is 0.260 e. The van der Waals surface area contributed by atoms with E-state index in [1.807, 2.05) is 23.6 Å². The second-order valence-corrected chi connectivity index (χ2v) is 7.41. The highest BCUT2D eigenvalue weighted by atomic mass is 32.1. The molecule has 0 aliphatic carbocycles. The Balaban J connectivity index is 1.86. The summed E-state index contributed by atoms with van der Waals surface area (Å²) in [6.45, 7) is 4.24. The Bertz CT molecular complexity index is 948. The number of amides is 2. The van der Waals surface area contributed by atoms with Crippen LogP contribution in [0.4, 0.5) is 11.4 Å². The zero-order valence-corrected chi connectivity index (χ0v) is 16.4. The van der Waals surface area contributed by atoms with Gasteiger partial charge in [-0.3, -0.25) is 9.59 Å². The molecule has 0 unspecified atom stereocenters. The van der Waals surface area contributed by atoms with Crippen molar-refractivity contribution >= 4 is 34.5 Å². The molecule has 138 valence electrons. The minimum Gasteiger partial charge on any atom is -0.321 e. The van der Waals surface area contributed by atoms with Gasteiger partial charge in [-0.1, -0.05) is 38.1 Å². The van der Waals surface area contributed by atoms with Gasteiger partial charge < -0.3 is 10.2 Å². The highest BCUT2D eigenvalue weighted by molar-refractivity contribution is 7.08. The maximum Gasteiger partial charge on any atom is 0.260 e. The van der Waals surface area contributed by atoms with Gasteiger partial charge in [-0.25, -0.2) is 0 Å². The highest BCUT2D eigenvalue weighted by Crippen LogP contribution is 2.24. The fourth-order valence-electron chi connectivity index (χ4n) is 2.76. The third-order valence-electron chi connectivity index (χ3n) is 4.42. The summed E-state index contributed by atoms with van der Waals surface area (Å²) in [4.78, 5) is 27.1. The zero-order chi connectivity index (χ0) is 19.4. The van der Waals surface area contributed by atoms with Crippen molar-refractivity contribution in [3.8, 4) is 0 Å². The number of carbonyl (C=O) groups is 2. The summed E-state index contributed by atoms with van der Waals surface area (Å²) in [5.41, 5.74) is 3.54. The maximum atomic E-state index is 13.1. The molecule has 1 heterocycles. The summed E-state index contributed by atoms with van der Waals surface area (Å²) in [5.74, 6) is -0.0104. The molecule has 1 N–H and O–H groups in total. The molecule has 5 heteroatoms. The van der Waals surface area contributed by atoms with Crippen LogP contribution in [0, 0.1) is 0 Å². The van der Waals surface area contributed by atoms with Gasteiger partial charge in [0, 0.05) is 18.1 Å². The number of nitrogens with zero attached hydrogens (tertiary/aromatic N) is 1. The van der Waals surface area contributed by atoms with Crippen LogP contribution in [-0.4, -0.2) is 18.9 Å². The van der Waals surface area contributed by atoms with Crippen molar-refractivity contribution in [2.24, 2.45) is 0 Å². The van der Waals surface area contributed by atoms with Gasteiger partial charge in [-0.15, -0.1) is 0 Å². The third-order valence-corrected chi connectivity index (χ3v) is 5.10. The van der Waals surface area contributed by atoms with Crippen molar-refractivity contribution in [2.45, 2.75) is 19.8 Å². The maximum absolute atomic E-state index is 13.1. The van der Waals surface area contributed by atoms with Crippen LogP contribution in [0.5, 0.6) is 0 Å². The summed E-state index contributed by atoms with van der Waals surface area (Å²) >= 11 is 1.46. The van der Waals surface area contributed by atoms with Gasteiger partial charge in [0.25, 0.3) is 11.8 Å². The van der Waals surface area contributed by atoms with E-state index >= 15 is 0 Å². The van der Waals surface area contributed by atoms with Crippen LogP contribution < -0.4 is 10.2 Å². The third kappa shape index (κ3) is 4.26. The van der Waals surface area contributed by atoms with Crippen molar-refractivity contribution in [2.75, 3.05) is 17.3 Å². The van der Waals surface area contributed by atoms with Crippen LogP contribution in [-0.2, 0) is 0 Å². The molecule has 0 radical (unpaired) electrons. The molecule has 0 bridgehead atoms. The molecular weight excluding hydrogens is 356 g/mol. The molecule has 0 saturated heterocycles. The van der Waals surface area contributed by atoms with Crippen LogP contribution in [0.1, 0.15) is 46.0 Å². The Morgan fingerprint density at radius 1 is 1.04 bits per heavy atom. The minimum absolute atomic E-state index is 0.169. The van der Waals surface area contributed by atoms with Crippen LogP contribution in [0.25, 0.3) is 0 Å². The van der Waals surface area contributed by atoms with E-state index in [0.717, 1.165) is 5.69 Å². The molecule has 0 fully saturated rings. The fraction of sp³-hybridized carbons (Fsp3) is 0.182. The van der Waals surface area contributed by atoms with E-state index in [-0.39, 0.29) is 11.8 Å². The topological polar surface area (TPSA) is 49.4 Å². The molecular formula is C22H22N2O2S. The molecule has 3 rings (SSSR count). The van der Waals surface area contributed by atoms with Gasteiger partial charge in [-0.2, -0.15) is 11.3 Å². The lowest BCUT2D eigenvalue weighted by molar-refractivity contribution is 0.0994. The van der Waals surface area contributed by atoms with E-state index in [0.29, 0.717) is 22.7 Å². The number of rotatable bonds is 5. The van der Waals surface area contributed by atoms with Gasteiger partial charge in [0.15, 0.2) is 0 Å². The van der Waals surface area contributed by atoms with E-state index in [1.165, 1.54) is 16.9 Å². The van der Waals surface area contributed by atoms with Crippen molar-refractivity contribution in [1.29, 1.82) is 0 Å². The van der Waals surface area contributed by atoms with Crippen molar-refractivity contribution in [3.63, 3.8) is 0 Å². The highest BCUT2D eigenvalue weighted by Gasteiger charge is 2.19. The van der Waals surface area contributed by atoms with E-state index in [1.54, 1.807) is 47.7 Å². The van der Waals surface area contributed by atoms with Crippen LogP contribution in [0.15, 0.2) is 65.4 Å². The summed E-state index contributed by atoms with van der Waals surface area (Å²) in [5, 5.41) is 6.48. The number of nitrogens with one attached hydrogen (secondary N) is 1. The summed E-state index contributed by atoms with van der Waals surface area (Å²) in [6.07, 6.45) is 0. The predicted molar refractivity (Wildman–Crippen MR) is 112 cm³/mol. The number of thiophene rings is 1. The van der Waals surface area contributed by atoms with Gasteiger partial charge in [0.1, 0.15) is 0 Å². The lowest BCUT2D eigenvalue weighted by Crippen LogP contribution is -2.27. The van der Waals surface area contributed by atoms with Gasteiger partial charge in [0.2, 0.25) is 0 Å². The van der Waals surface area contributed by atoms with Gasteiger partial charge in [-0.05, 0) is 47.2 Å². The monoisotopic (exact) mass is 378 g/mol. The SMILES string of the molecule is CC(C)c1cccc(N(C)C(=O)c2ccccc2NC(=O)c2ccsc2)c1. The van der Waals surface area contributed by atoms with Crippen LogP contribution in [0.2, 0.25) is 0 Å². The molecule has 3 aromatic rings. The van der Waals surface area contributed by atoms with Crippen LogP contribution >= 0.6 is 11.3 Å². The lowest BCUT2D eigenvalue weighted by Gasteiger charge is -2.20. The molecule has 4 nitrogen and oxygen atoms in total. The molecule has 0 saturated carbocycles. The van der Waals surface area contributed by atoms with E-state index in [9.17, 15) is 9.59 Å². The van der Waals surface area contributed by atoms with E-state index in [2.05, 4.69) is 25.2 Å². The number of hydrogen-bond acceptors (Lipinski definition) is 3. The van der Waals surface area contributed by atoms with E-state index in [4.69, 9.17) is 0 Å². The van der Waals surface area contributed by atoms with Gasteiger partial charge >= 0.3 is 0 Å². The lowest BCUT2D eigenvalue weighted by atomic mass is 10.0. The number of para-hydroxylation sites is 1. The summed E-state index contributed by atoms with van der Waals surface area (Å²) < 4.78 is 0. The Labute approximate surface area is 163 Å². The van der Waals surface area contributed by atoms with Crippen molar-refractivity contribution in [3.05, 3.63) is 82.0 Å². The molecule has 0 aliphatic heterocycles. The first kappa shape index (κ1) is 18.9. The molecule has 0 atom stereocenters. The van der Waals surface area contributed by atoms with Crippen molar-refractivity contribution < 1.29 is 9.59 Å². The largest absolute Gasteiger partial charge is 0.321 e. The summed E-state index contributed by atoms with van der Waals surface area (Å²) in [6, 6.07) is 16.8. The number of anilines is 2. The van der Waals surface area contributed by atoms with E-state index < -0.39 is 0 Å². The van der Waals surface area contributed by atoms with Crippen molar-refractivity contribution in [1.82, 2.24) is 0 Å². The number of hydrogen-bond donors (Lipinski definition) is 1. The normalized spacial score (nSPS) is 10.7. The Kier molecular flexibility index (Phi) is 5.72. The fourth-order valence-corrected chi connectivity index (χ4v) is 3.39.